The van der Waals surface area contributed by atoms with Crippen LogP contribution in [0.1, 0.15) is 38.2 Å². The first kappa shape index (κ1) is 19.5. The number of benzene rings is 1. The normalized spacial score (nSPS) is 25.8. The van der Waals surface area contributed by atoms with Gasteiger partial charge < -0.3 is 20.1 Å². The second-order valence-electron chi connectivity index (χ2n) is 8.02. The highest BCUT2D eigenvalue weighted by Crippen LogP contribution is 2.38. The van der Waals surface area contributed by atoms with E-state index in [-0.39, 0.29) is 24.3 Å². The predicted molar refractivity (Wildman–Crippen MR) is 105 cm³/mol. The number of carbonyl (C=O) groups excluding carboxylic acids is 3. The van der Waals surface area contributed by atoms with Crippen molar-refractivity contribution in [3.63, 3.8) is 0 Å². The zero-order valence-corrected chi connectivity index (χ0v) is 16.7. The number of hydrogen-bond acceptors (Lipinski definition) is 5. The third-order valence-electron chi connectivity index (χ3n) is 6.15. The summed E-state index contributed by atoms with van der Waals surface area (Å²) in [5, 5.41) is 5.66. The monoisotopic (exact) mass is 401 g/mol. The van der Waals surface area contributed by atoms with Gasteiger partial charge in [0.2, 0.25) is 5.91 Å². The molecule has 1 spiro atoms. The first-order valence-corrected chi connectivity index (χ1v) is 10.3. The van der Waals surface area contributed by atoms with Gasteiger partial charge in [-0.3, -0.25) is 14.5 Å². The van der Waals surface area contributed by atoms with Gasteiger partial charge in [-0.2, -0.15) is 0 Å². The molecule has 3 aliphatic rings. The average Bonchev–Trinajstić information content (AvgIpc) is 2.95. The zero-order chi connectivity index (χ0) is 20.4. The van der Waals surface area contributed by atoms with Crippen LogP contribution in [-0.2, 0) is 16.0 Å². The highest BCUT2D eigenvalue weighted by Gasteiger charge is 2.55. The molecule has 4 amide bonds. The molecule has 8 nitrogen and oxygen atoms in total. The molecule has 2 N–H and O–H groups in total. The number of hydrogen-bond donors (Lipinski definition) is 2. The molecule has 2 heterocycles. The number of amides is 4. The fourth-order valence-corrected chi connectivity index (χ4v) is 4.43. The van der Waals surface area contributed by atoms with E-state index in [1.807, 2.05) is 25.1 Å². The summed E-state index contributed by atoms with van der Waals surface area (Å²) in [7, 11) is 0. The van der Waals surface area contributed by atoms with Crippen molar-refractivity contribution in [2.75, 3.05) is 26.3 Å². The Kier molecular flexibility index (Phi) is 5.34. The lowest BCUT2D eigenvalue weighted by molar-refractivity contribution is -0.137. The second kappa shape index (κ2) is 7.93. The molecule has 1 aromatic rings. The smallest absolute Gasteiger partial charge is 0.325 e. The van der Waals surface area contributed by atoms with E-state index in [1.165, 1.54) is 0 Å². The number of carbonyl (C=O) groups is 3. The summed E-state index contributed by atoms with van der Waals surface area (Å²) in [6.07, 6.45) is 4.13. The number of rotatable bonds is 5. The standard InChI is InChI=1S/C21H27N3O5/c1-14-4-2-3-8-21(14)19(26)24(20(27)23-21)13-18(25)22-9-7-15-5-6-16-17(12-15)29-11-10-28-16/h5-6,12,14H,2-4,7-11,13H2,1H3,(H,22,25)(H,23,27). The van der Waals surface area contributed by atoms with E-state index in [2.05, 4.69) is 10.6 Å². The lowest BCUT2D eigenvalue weighted by atomic mass is 9.73. The molecule has 1 aromatic carbocycles. The lowest BCUT2D eigenvalue weighted by Gasteiger charge is -2.36. The van der Waals surface area contributed by atoms with Crippen molar-refractivity contribution in [3.05, 3.63) is 23.8 Å². The quantitative estimate of drug-likeness (QED) is 0.731. The SMILES string of the molecule is CC1CCCCC12NC(=O)N(CC(=O)NCCc1ccc3c(c1)OCCO3)C2=O. The maximum Gasteiger partial charge on any atom is 0.325 e. The van der Waals surface area contributed by atoms with Crippen LogP contribution in [0.4, 0.5) is 4.79 Å². The third kappa shape index (κ3) is 3.75. The third-order valence-corrected chi connectivity index (χ3v) is 6.15. The van der Waals surface area contributed by atoms with Crippen molar-refractivity contribution in [3.8, 4) is 11.5 Å². The van der Waals surface area contributed by atoms with Crippen LogP contribution in [0.15, 0.2) is 18.2 Å². The predicted octanol–water partition coefficient (Wildman–Crippen LogP) is 1.62. The van der Waals surface area contributed by atoms with Crippen molar-refractivity contribution in [2.24, 2.45) is 5.92 Å². The Morgan fingerprint density at radius 1 is 1.24 bits per heavy atom. The Balaban J connectivity index is 1.30. The maximum absolute atomic E-state index is 12.9. The van der Waals surface area contributed by atoms with Gasteiger partial charge in [0.05, 0.1) is 0 Å². The van der Waals surface area contributed by atoms with Crippen LogP contribution in [0.25, 0.3) is 0 Å². The first-order valence-electron chi connectivity index (χ1n) is 10.3. The van der Waals surface area contributed by atoms with E-state index < -0.39 is 11.6 Å². The molecule has 0 aromatic heterocycles. The van der Waals surface area contributed by atoms with E-state index in [0.717, 1.165) is 35.5 Å². The minimum Gasteiger partial charge on any atom is -0.486 e. The highest BCUT2D eigenvalue weighted by atomic mass is 16.6. The summed E-state index contributed by atoms with van der Waals surface area (Å²) in [4.78, 5) is 38.7. The van der Waals surface area contributed by atoms with Crippen LogP contribution >= 0.6 is 0 Å². The van der Waals surface area contributed by atoms with Gasteiger partial charge in [0.1, 0.15) is 25.3 Å². The minimum absolute atomic E-state index is 0.0796. The van der Waals surface area contributed by atoms with Gasteiger partial charge in [-0.1, -0.05) is 25.8 Å². The Morgan fingerprint density at radius 2 is 2.03 bits per heavy atom. The van der Waals surface area contributed by atoms with Crippen molar-refractivity contribution in [1.29, 1.82) is 0 Å². The molecule has 8 heteroatoms. The maximum atomic E-state index is 12.9. The Bertz CT molecular complexity index is 827. The van der Waals surface area contributed by atoms with E-state index in [9.17, 15) is 14.4 Å². The largest absolute Gasteiger partial charge is 0.486 e. The molecule has 2 fully saturated rings. The molecule has 1 aliphatic carbocycles. The van der Waals surface area contributed by atoms with Crippen LogP contribution in [0.2, 0.25) is 0 Å². The van der Waals surface area contributed by atoms with Crippen molar-refractivity contribution in [2.45, 2.75) is 44.6 Å². The molecule has 4 rings (SSSR count). The Labute approximate surface area is 169 Å². The zero-order valence-electron chi connectivity index (χ0n) is 16.7. The second-order valence-corrected chi connectivity index (χ2v) is 8.02. The van der Waals surface area contributed by atoms with Gasteiger partial charge in [-0.15, -0.1) is 0 Å². The van der Waals surface area contributed by atoms with Crippen LogP contribution < -0.4 is 20.1 Å². The summed E-state index contributed by atoms with van der Waals surface area (Å²) in [5.41, 5.74) is 0.181. The fraction of sp³-hybridized carbons (Fsp3) is 0.571. The molecule has 1 saturated heterocycles. The van der Waals surface area contributed by atoms with Gasteiger partial charge in [0.15, 0.2) is 11.5 Å². The van der Waals surface area contributed by atoms with Gasteiger partial charge in [0.25, 0.3) is 5.91 Å². The van der Waals surface area contributed by atoms with Crippen LogP contribution in [0.5, 0.6) is 11.5 Å². The number of fused-ring (bicyclic) bond motifs is 1. The van der Waals surface area contributed by atoms with Crippen molar-refractivity contribution >= 4 is 17.8 Å². The molecule has 2 atom stereocenters. The molecule has 1 saturated carbocycles. The summed E-state index contributed by atoms with van der Waals surface area (Å²) < 4.78 is 11.1. The number of imide groups is 1. The summed E-state index contributed by atoms with van der Waals surface area (Å²) in [6.45, 7) is 3.22. The van der Waals surface area contributed by atoms with E-state index in [1.54, 1.807) is 0 Å². The summed E-state index contributed by atoms with van der Waals surface area (Å²) >= 11 is 0. The molecule has 2 unspecified atom stereocenters. The molecule has 0 radical (unpaired) electrons. The average molecular weight is 401 g/mol. The van der Waals surface area contributed by atoms with Gasteiger partial charge >= 0.3 is 6.03 Å². The molecule has 0 bridgehead atoms. The Hall–Kier alpha value is -2.77. The summed E-state index contributed by atoms with van der Waals surface area (Å²) in [5.74, 6) is 0.916. The van der Waals surface area contributed by atoms with Crippen LogP contribution in [0.3, 0.4) is 0 Å². The molecule has 29 heavy (non-hydrogen) atoms. The molecule has 156 valence electrons. The molecule has 2 aliphatic heterocycles. The van der Waals surface area contributed by atoms with Crippen LogP contribution in [-0.4, -0.2) is 54.6 Å². The van der Waals surface area contributed by atoms with Gasteiger partial charge in [-0.05, 0) is 42.9 Å². The number of nitrogens with zero attached hydrogens (tertiary/aromatic N) is 1. The van der Waals surface area contributed by atoms with E-state index >= 15 is 0 Å². The first-order chi connectivity index (χ1) is 14.0. The minimum atomic E-state index is -0.833. The van der Waals surface area contributed by atoms with Crippen molar-refractivity contribution in [1.82, 2.24) is 15.5 Å². The number of urea groups is 1. The van der Waals surface area contributed by atoms with E-state index in [0.29, 0.717) is 38.3 Å². The molecular weight excluding hydrogens is 374 g/mol. The summed E-state index contributed by atoms with van der Waals surface area (Å²) in [6, 6.07) is 5.24. The van der Waals surface area contributed by atoms with Gasteiger partial charge in [0, 0.05) is 6.54 Å². The lowest BCUT2D eigenvalue weighted by Crippen LogP contribution is -2.54. The van der Waals surface area contributed by atoms with E-state index in [4.69, 9.17) is 9.47 Å². The topological polar surface area (TPSA) is 97.0 Å². The number of ether oxygens (including phenoxy) is 2. The van der Waals surface area contributed by atoms with Crippen molar-refractivity contribution < 1.29 is 23.9 Å². The Morgan fingerprint density at radius 3 is 2.83 bits per heavy atom. The fourth-order valence-electron chi connectivity index (χ4n) is 4.43. The van der Waals surface area contributed by atoms with Crippen LogP contribution in [0, 0.1) is 5.92 Å². The number of nitrogens with one attached hydrogen (secondary N) is 2. The molecular formula is C21H27N3O5. The van der Waals surface area contributed by atoms with Gasteiger partial charge in [-0.25, -0.2) is 4.79 Å². The highest BCUT2D eigenvalue weighted by molar-refractivity contribution is 6.09.